The molecule has 5 nitrogen and oxygen atoms in total. The van der Waals surface area contributed by atoms with Crippen LogP contribution in [0.5, 0.6) is 17.2 Å². The Morgan fingerprint density at radius 3 is 2.47 bits per heavy atom. The molecule has 3 rings (SSSR count). The Morgan fingerprint density at radius 1 is 0.967 bits per heavy atom. The van der Waals surface area contributed by atoms with E-state index in [1.54, 1.807) is 56.5 Å². The van der Waals surface area contributed by atoms with Crippen LogP contribution in [0.1, 0.15) is 21.5 Å². The molecule has 154 valence electrons. The van der Waals surface area contributed by atoms with Gasteiger partial charge in [-0.2, -0.15) is 0 Å². The molecule has 0 unspecified atom stereocenters. The van der Waals surface area contributed by atoms with Crippen molar-refractivity contribution in [2.24, 2.45) is 0 Å². The maximum Gasteiger partial charge on any atom is 0.189 e. The van der Waals surface area contributed by atoms with Gasteiger partial charge in [0, 0.05) is 17.5 Å². The number of allylic oxidation sites excluding steroid dienone is 1. The summed E-state index contributed by atoms with van der Waals surface area (Å²) in [6.45, 7) is 0. The molecule has 0 spiro atoms. The van der Waals surface area contributed by atoms with Crippen LogP contribution in [0.4, 0.5) is 0 Å². The highest BCUT2D eigenvalue weighted by molar-refractivity contribution is 7.98. The Hall–Kier alpha value is -3.25. The minimum atomic E-state index is -0.161. The molecule has 0 N–H and O–H groups in total. The number of thioether (sulfide) groups is 1. The predicted octanol–water partition coefficient (Wildman–Crippen LogP) is 5.30. The lowest BCUT2D eigenvalue weighted by Gasteiger charge is -2.10. The smallest absolute Gasteiger partial charge is 0.189 e. The zero-order valence-electron chi connectivity index (χ0n) is 17.1. The van der Waals surface area contributed by atoms with Crippen molar-refractivity contribution in [2.45, 2.75) is 10.8 Å². The molecule has 1 heterocycles. The molecule has 0 atom stereocenters. The van der Waals surface area contributed by atoms with Crippen LogP contribution in [0, 0.1) is 0 Å². The van der Waals surface area contributed by atoms with E-state index in [1.165, 1.54) is 13.2 Å². The number of methoxy groups -OCH3 is 3. The van der Waals surface area contributed by atoms with Crippen molar-refractivity contribution in [3.05, 3.63) is 83.6 Å². The maximum absolute atomic E-state index is 12.7. The zero-order valence-corrected chi connectivity index (χ0v) is 17.9. The SMILES string of the molecule is COc1ccc(OC)c(C(=O)/C=C/c2ccc(OC)c(CSc3ccccn3)c2)c1. The highest BCUT2D eigenvalue weighted by Gasteiger charge is 2.11. The van der Waals surface area contributed by atoms with Crippen LogP contribution >= 0.6 is 11.8 Å². The molecule has 0 saturated carbocycles. The monoisotopic (exact) mass is 421 g/mol. The first-order chi connectivity index (χ1) is 14.6. The number of rotatable bonds is 9. The number of hydrogen-bond acceptors (Lipinski definition) is 6. The Labute approximate surface area is 180 Å². The van der Waals surface area contributed by atoms with Gasteiger partial charge in [0.25, 0.3) is 0 Å². The summed E-state index contributed by atoms with van der Waals surface area (Å²) in [5.74, 6) is 2.46. The van der Waals surface area contributed by atoms with Gasteiger partial charge in [-0.15, -0.1) is 11.8 Å². The molecule has 0 bridgehead atoms. The van der Waals surface area contributed by atoms with Gasteiger partial charge in [-0.05, 0) is 54.1 Å². The molecular weight excluding hydrogens is 398 g/mol. The van der Waals surface area contributed by atoms with Crippen molar-refractivity contribution in [1.29, 1.82) is 0 Å². The summed E-state index contributed by atoms with van der Waals surface area (Å²) in [5, 5.41) is 0.945. The van der Waals surface area contributed by atoms with Crippen LogP contribution < -0.4 is 14.2 Å². The average molecular weight is 422 g/mol. The number of nitrogens with zero attached hydrogens (tertiary/aromatic N) is 1. The van der Waals surface area contributed by atoms with Gasteiger partial charge in [0.15, 0.2) is 5.78 Å². The molecule has 0 aliphatic carbocycles. The third-order valence-electron chi connectivity index (χ3n) is 4.42. The van der Waals surface area contributed by atoms with E-state index in [4.69, 9.17) is 14.2 Å². The van der Waals surface area contributed by atoms with Crippen molar-refractivity contribution in [3.8, 4) is 17.2 Å². The van der Waals surface area contributed by atoms with Gasteiger partial charge in [-0.25, -0.2) is 4.98 Å². The Morgan fingerprint density at radius 2 is 1.77 bits per heavy atom. The second kappa shape index (κ2) is 10.5. The molecule has 0 fully saturated rings. The lowest BCUT2D eigenvalue weighted by molar-refractivity contribution is 0.104. The Balaban J connectivity index is 1.79. The number of carbonyl (C=O) groups excluding carboxylic acids is 1. The second-order valence-corrected chi connectivity index (χ2v) is 7.29. The Kier molecular flexibility index (Phi) is 7.51. The average Bonchev–Trinajstić information content (AvgIpc) is 2.81. The summed E-state index contributed by atoms with van der Waals surface area (Å²) in [6.07, 6.45) is 5.10. The summed E-state index contributed by atoms with van der Waals surface area (Å²) in [5.41, 5.74) is 2.39. The zero-order chi connectivity index (χ0) is 21.3. The van der Waals surface area contributed by atoms with Crippen LogP contribution in [0.2, 0.25) is 0 Å². The van der Waals surface area contributed by atoms with Crippen molar-refractivity contribution >= 4 is 23.6 Å². The van der Waals surface area contributed by atoms with Crippen LogP contribution in [0.3, 0.4) is 0 Å². The van der Waals surface area contributed by atoms with Gasteiger partial charge in [0.1, 0.15) is 17.2 Å². The quantitative estimate of drug-likeness (QED) is 0.266. The molecule has 0 aliphatic rings. The number of ketones is 1. The Bertz CT molecular complexity index is 1030. The molecule has 0 aliphatic heterocycles. The first-order valence-corrected chi connectivity index (χ1v) is 10.3. The van der Waals surface area contributed by atoms with Gasteiger partial charge in [-0.1, -0.05) is 18.2 Å². The fourth-order valence-electron chi connectivity index (χ4n) is 2.87. The van der Waals surface area contributed by atoms with E-state index in [0.717, 1.165) is 21.9 Å². The number of ether oxygens (including phenoxy) is 3. The van der Waals surface area contributed by atoms with E-state index >= 15 is 0 Å². The van der Waals surface area contributed by atoms with Gasteiger partial charge < -0.3 is 14.2 Å². The minimum Gasteiger partial charge on any atom is -0.497 e. The highest BCUT2D eigenvalue weighted by atomic mass is 32.2. The van der Waals surface area contributed by atoms with Crippen molar-refractivity contribution < 1.29 is 19.0 Å². The second-order valence-electron chi connectivity index (χ2n) is 6.29. The van der Waals surface area contributed by atoms with Crippen molar-refractivity contribution in [3.63, 3.8) is 0 Å². The minimum absolute atomic E-state index is 0.161. The topological polar surface area (TPSA) is 57.7 Å². The molecule has 0 saturated heterocycles. The lowest BCUT2D eigenvalue weighted by Crippen LogP contribution is -2.00. The fraction of sp³-hybridized carbons (Fsp3) is 0.167. The standard InChI is InChI=1S/C24H23NO4S/c1-27-19-9-12-23(29-3)20(15-19)21(26)10-7-17-8-11-22(28-2)18(14-17)16-30-24-6-4-5-13-25-24/h4-15H,16H2,1-3H3/b10-7+. The van der Waals surface area contributed by atoms with E-state index in [1.807, 2.05) is 36.4 Å². The number of hydrogen-bond donors (Lipinski definition) is 0. The first-order valence-electron chi connectivity index (χ1n) is 9.29. The maximum atomic E-state index is 12.7. The molecule has 30 heavy (non-hydrogen) atoms. The molecule has 0 radical (unpaired) electrons. The highest BCUT2D eigenvalue weighted by Crippen LogP contribution is 2.29. The number of benzene rings is 2. The van der Waals surface area contributed by atoms with E-state index in [0.29, 0.717) is 22.8 Å². The van der Waals surface area contributed by atoms with E-state index < -0.39 is 0 Å². The van der Waals surface area contributed by atoms with Gasteiger partial charge in [0.2, 0.25) is 0 Å². The van der Waals surface area contributed by atoms with Gasteiger partial charge in [-0.3, -0.25) is 4.79 Å². The van der Waals surface area contributed by atoms with E-state index in [-0.39, 0.29) is 5.78 Å². The lowest BCUT2D eigenvalue weighted by atomic mass is 10.1. The largest absolute Gasteiger partial charge is 0.497 e. The number of pyridine rings is 1. The summed E-state index contributed by atoms with van der Waals surface area (Å²) in [7, 11) is 4.75. The summed E-state index contributed by atoms with van der Waals surface area (Å²) < 4.78 is 16.0. The fourth-order valence-corrected chi connectivity index (χ4v) is 3.71. The van der Waals surface area contributed by atoms with Crippen LogP contribution in [0.15, 0.2) is 71.9 Å². The van der Waals surface area contributed by atoms with Crippen LogP contribution in [0.25, 0.3) is 6.08 Å². The van der Waals surface area contributed by atoms with Gasteiger partial charge >= 0.3 is 0 Å². The summed E-state index contributed by atoms with van der Waals surface area (Å²) >= 11 is 1.63. The molecule has 3 aromatic rings. The summed E-state index contributed by atoms with van der Waals surface area (Å²) in [6, 6.07) is 16.8. The van der Waals surface area contributed by atoms with Crippen LogP contribution in [-0.4, -0.2) is 32.1 Å². The molecule has 2 aromatic carbocycles. The van der Waals surface area contributed by atoms with E-state index in [9.17, 15) is 4.79 Å². The van der Waals surface area contributed by atoms with Crippen LogP contribution in [-0.2, 0) is 5.75 Å². The normalized spacial score (nSPS) is 10.8. The van der Waals surface area contributed by atoms with Crippen molar-refractivity contribution in [2.75, 3.05) is 21.3 Å². The van der Waals surface area contributed by atoms with E-state index in [2.05, 4.69) is 4.98 Å². The van der Waals surface area contributed by atoms with Gasteiger partial charge in [0.05, 0.1) is 31.9 Å². The first kappa shape index (κ1) is 21.5. The summed E-state index contributed by atoms with van der Waals surface area (Å²) in [4.78, 5) is 17.1. The molecule has 6 heteroatoms. The number of carbonyl (C=O) groups is 1. The molecule has 1 aromatic heterocycles. The number of aromatic nitrogens is 1. The molecule has 0 amide bonds. The third kappa shape index (κ3) is 5.42. The molecular formula is C24H23NO4S. The predicted molar refractivity (Wildman–Crippen MR) is 120 cm³/mol. The third-order valence-corrected chi connectivity index (χ3v) is 5.41. The van der Waals surface area contributed by atoms with Crippen molar-refractivity contribution in [1.82, 2.24) is 4.98 Å².